The molecular formula is C16H19NO3. The summed E-state index contributed by atoms with van der Waals surface area (Å²) in [5, 5.41) is 13.5. The predicted molar refractivity (Wildman–Crippen MR) is 76.7 cm³/mol. The number of carbonyl (C=O) groups excluding carboxylic acids is 1. The molecule has 20 heavy (non-hydrogen) atoms. The number of amides is 1. The van der Waals surface area contributed by atoms with E-state index in [1.807, 2.05) is 31.2 Å². The van der Waals surface area contributed by atoms with Gasteiger partial charge >= 0.3 is 0 Å². The number of hydrogen-bond acceptors (Lipinski definition) is 3. The summed E-state index contributed by atoms with van der Waals surface area (Å²) in [6.45, 7) is 1.87. The Balaban J connectivity index is 1.91. The van der Waals surface area contributed by atoms with Gasteiger partial charge in [0.05, 0.1) is 12.1 Å². The Hall–Kier alpha value is -1.81. The standard InChI is InChI=1S/C16H19NO3/c1-11-12-6-2-3-7-13(12)20-14(11)15(19)17-16(10-18)8-4-5-9-16/h2-3,6-7,18H,4-5,8-10H2,1H3,(H,17,19). The largest absolute Gasteiger partial charge is 0.451 e. The second-order valence-electron chi connectivity index (χ2n) is 5.65. The van der Waals surface area contributed by atoms with Gasteiger partial charge in [0.15, 0.2) is 5.76 Å². The van der Waals surface area contributed by atoms with E-state index in [4.69, 9.17) is 4.42 Å². The van der Waals surface area contributed by atoms with Crippen LogP contribution in [0.5, 0.6) is 0 Å². The number of furan rings is 1. The number of fused-ring (bicyclic) bond motifs is 1. The van der Waals surface area contributed by atoms with Gasteiger partial charge in [0.25, 0.3) is 5.91 Å². The van der Waals surface area contributed by atoms with Gasteiger partial charge in [0.1, 0.15) is 5.58 Å². The lowest BCUT2D eigenvalue weighted by atomic mass is 9.98. The molecule has 2 aromatic rings. The first-order valence-corrected chi connectivity index (χ1v) is 7.07. The highest BCUT2D eigenvalue weighted by atomic mass is 16.3. The van der Waals surface area contributed by atoms with Crippen LogP contribution in [0.2, 0.25) is 0 Å². The molecule has 1 saturated carbocycles. The Labute approximate surface area is 117 Å². The van der Waals surface area contributed by atoms with E-state index in [1.54, 1.807) is 0 Å². The van der Waals surface area contributed by atoms with Crippen molar-refractivity contribution < 1.29 is 14.3 Å². The molecule has 1 aromatic carbocycles. The van der Waals surface area contributed by atoms with Crippen LogP contribution in [0.4, 0.5) is 0 Å². The average molecular weight is 273 g/mol. The highest BCUT2D eigenvalue weighted by Gasteiger charge is 2.36. The molecule has 4 nitrogen and oxygen atoms in total. The van der Waals surface area contributed by atoms with Crippen LogP contribution in [0.15, 0.2) is 28.7 Å². The Kier molecular flexibility index (Phi) is 3.26. The van der Waals surface area contributed by atoms with Crippen LogP contribution < -0.4 is 5.32 Å². The van der Waals surface area contributed by atoms with Crippen LogP contribution in [0.3, 0.4) is 0 Å². The summed E-state index contributed by atoms with van der Waals surface area (Å²) >= 11 is 0. The number of aliphatic hydroxyl groups is 1. The van der Waals surface area contributed by atoms with Crippen molar-refractivity contribution >= 4 is 16.9 Å². The van der Waals surface area contributed by atoms with E-state index in [-0.39, 0.29) is 12.5 Å². The number of para-hydroxylation sites is 1. The number of rotatable bonds is 3. The maximum atomic E-state index is 12.4. The lowest BCUT2D eigenvalue weighted by molar-refractivity contribution is 0.0812. The van der Waals surface area contributed by atoms with Gasteiger partial charge in [-0.2, -0.15) is 0 Å². The van der Waals surface area contributed by atoms with Crippen molar-refractivity contribution in [3.8, 4) is 0 Å². The lowest BCUT2D eigenvalue weighted by Gasteiger charge is -2.27. The van der Waals surface area contributed by atoms with Gasteiger partial charge in [-0.3, -0.25) is 4.79 Å². The minimum atomic E-state index is -0.470. The van der Waals surface area contributed by atoms with Crippen molar-refractivity contribution in [2.75, 3.05) is 6.61 Å². The van der Waals surface area contributed by atoms with Crippen LogP contribution in [0.25, 0.3) is 11.0 Å². The molecule has 0 unspecified atom stereocenters. The van der Waals surface area contributed by atoms with Crippen LogP contribution in [-0.2, 0) is 0 Å². The van der Waals surface area contributed by atoms with Crippen molar-refractivity contribution in [2.24, 2.45) is 0 Å². The van der Waals surface area contributed by atoms with E-state index in [1.165, 1.54) is 0 Å². The first-order valence-electron chi connectivity index (χ1n) is 7.07. The molecule has 0 radical (unpaired) electrons. The molecule has 1 heterocycles. The Morgan fingerprint density at radius 2 is 2.05 bits per heavy atom. The quantitative estimate of drug-likeness (QED) is 0.904. The second-order valence-corrected chi connectivity index (χ2v) is 5.65. The van der Waals surface area contributed by atoms with Gasteiger partial charge in [-0.15, -0.1) is 0 Å². The molecule has 0 atom stereocenters. The fraction of sp³-hybridized carbons (Fsp3) is 0.438. The van der Waals surface area contributed by atoms with Crippen molar-refractivity contribution in [1.29, 1.82) is 0 Å². The maximum absolute atomic E-state index is 12.4. The normalized spacial score (nSPS) is 17.5. The van der Waals surface area contributed by atoms with Gasteiger partial charge in [0, 0.05) is 10.9 Å². The molecule has 3 rings (SSSR count). The van der Waals surface area contributed by atoms with E-state index in [9.17, 15) is 9.90 Å². The average Bonchev–Trinajstić information content (AvgIpc) is 3.05. The molecule has 2 N–H and O–H groups in total. The Morgan fingerprint density at radius 3 is 2.70 bits per heavy atom. The number of nitrogens with one attached hydrogen (secondary N) is 1. The fourth-order valence-electron chi connectivity index (χ4n) is 3.06. The number of hydrogen-bond donors (Lipinski definition) is 2. The first-order chi connectivity index (χ1) is 9.65. The third-order valence-corrected chi connectivity index (χ3v) is 4.29. The predicted octanol–water partition coefficient (Wildman–Crippen LogP) is 2.78. The zero-order chi connectivity index (χ0) is 14.2. The number of benzene rings is 1. The van der Waals surface area contributed by atoms with Crippen LogP contribution in [0.1, 0.15) is 41.8 Å². The molecular weight excluding hydrogens is 254 g/mol. The van der Waals surface area contributed by atoms with Gasteiger partial charge < -0.3 is 14.8 Å². The SMILES string of the molecule is Cc1c(C(=O)NC2(CO)CCCC2)oc2ccccc12. The lowest BCUT2D eigenvalue weighted by Crippen LogP contribution is -2.49. The van der Waals surface area contributed by atoms with Crippen molar-refractivity contribution in [2.45, 2.75) is 38.1 Å². The van der Waals surface area contributed by atoms with Crippen molar-refractivity contribution in [1.82, 2.24) is 5.32 Å². The van der Waals surface area contributed by atoms with Crippen LogP contribution >= 0.6 is 0 Å². The Bertz CT molecular complexity index is 638. The highest BCUT2D eigenvalue weighted by molar-refractivity contribution is 5.99. The van der Waals surface area contributed by atoms with Gasteiger partial charge in [-0.1, -0.05) is 31.0 Å². The van der Waals surface area contributed by atoms with E-state index in [0.717, 1.165) is 42.2 Å². The second kappa shape index (κ2) is 4.94. The number of aliphatic hydroxyl groups excluding tert-OH is 1. The first kappa shape index (κ1) is 13.2. The van der Waals surface area contributed by atoms with Crippen LogP contribution in [-0.4, -0.2) is 23.2 Å². The number of carbonyl (C=O) groups is 1. The summed E-state index contributed by atoms with van der Waals surface area (Å²) in [6, 6.07) is 7.62. The third-order valence-electron chi connectivity index (χ3n) is 4.29. The monoisotopic (exact) mass is 273 g/mol. The molecule has 1 aromatic heterocycles. The van der Waals surface area contributed by atoms with Gasteiger partial charge in [0.2, 0.25) is 0 Å². The number of aryl methyl sites for hydroxylation is 1. The molecule has 1 aliphatic carbocycles. The molecule has 1 amide bonds. The summed E-state index contributed by atoms with van der Waals surface area (Å²) in [4.78, 5) is 12.4. The molecule has 4 heteroatoms. The van der Waals surface area contributed by atoms with E-state index in [2.05, 4.69) is 5.32 Å². The molecule has 0 aliphatic heterocycles. The molecule has 1 fully saturated rings. The topological polar surface area (TPSA) is 62.5 Å². The smallest absolute Gasteiger partial charge is 0.287 e. The zero-order valence-electron chi connectivity index (χ0n) is 11.6. The maximum Gasteiger partial charge on any atom is 0.287 e. The van der Waals surface area contributed by atoms with E-state index < -0.39 is 5.54 Å². The van der Waals surface area contributed by atoms with Crippen LogP contribution in [0, 0.1) is 6.92 Å². The fourth-order valence-corrected chi connectivity index (χ4v) is 3.06. The van der Waals surface area contributed by atoms with E-state index >= 15 is 0 Å². The minimum absolute atomic E-state index is 0.0159. The summed E-state index contributed by atoms with van der Waals surface area (Å²) in [7, 11) is 0. The highest BCUT2D eigenvalue weighted by Crippen LogP contribution is 2.31. The summed E-state index contributed by atoms with van der Waals surface area (Å²) in [5.74, 6) is 0.126. The molecule has 106 valence electrons. The van der Waals surface area contributed by atoms with E-state index in [0.29, 0.717) is 5.76 Å². The summed E-state index contributed by atoms with van der Waals surface area (Å²) < 4.78 is 5.67. The van der Waals surface area contributed by atoms with Gasteiger partial charge in [-0.25, -0.2) is 0 Å². The Morgan fingerprint density at radius 1 is 1.35 bits per heavy atom. The molecule has 0 saturated heterocycles. The molecule has 0 spiro atoms. The summed E-state index contributed by atoms with van der Waals surface area (Å²) in [6.07, 6.45) is 3.74. The molecule has 0 bridgehead atoms. The third kappa shape index (κ3) is 2.10. The summed E-state index contributed by atoms with van der Waals surface area (Å²) in [5.41, 5.74) is 1.10. The van der Waals surface area contributed by atoms with Crippen molar-refractivity contribution in [3.63, 3.8) is 0 Å². The zero-order valence-corrected chi connectivity index (χ0v) is 11.6. The molecule has 1 aliphatic rings. The van der Waals surface area contributed by atoms with Gasteiger partial charge in [-0.05, 0) is 25.8 Å². The van der Waals surface area contributed by atoms with Crippen molar-refractivity contribution in [3.05, 3.63) is 35.6 Å². The minimum Gasteiger partial charge on any atom is -0.451 e.